The van der Waals surface area contributed by atoms with Gasteiger partial charge in [-0.25, -0.2) is 0 Å². The summed E-state index contributed by atoms with van der Waals surface area (Å²) >= 11 is 11.5. The van der Waals surface area contributed by atoms with Gasteiger partial charge in [0, 0.05) is 23.5 Å². The lowest BCUT2D eigenvalue weighted by atomic mass is 10.2. The quantitative estimate of drug-likeness (QED) is 0.693. The molecule has 0 saturated heterocycles. The van der Waals surface area contributed by atoms with Gasteiger partial charge in [-0.15, -0.1) is 0 Å². The average molecular weight is 312 g/mol. The van der Waals surface area contributed by atoms with Crippen molar-refractivity contribution >= 4 is 40.5 Å². The van der Waals surface area contributed by atoms with Gasteiger partial charge in [0.1, 0.15) is 5.69 Å². The fourth-order valence-corrected chi connectivity index (χ4v) is 1.85. The number of aromatic nitrogens is 1. The van der Waals surface area contributed by atoms with Crippen molar-refractivity contribution in [2.75, 3.05) is 5.32 Å². The zero-order chi connectivity index (χ0) is 14.7. The van der Waals surface area contributed by atoms with Crippen molar-refractivity contribution in [2.24, 2.45) is 0 Å². The van der Waals surface area contributed by atoms with Crippen LogP contribution in [0, 0.1) is 10.1 Å². The van der Waals surface area contributed by atoms with Crippen molar-refractivity contribution in [3.8, 4) is 0 Å². The predicted molar refractivity (Wildman–Crippen MR) is 75.3 cm³/mol. The van der Waals surface area contributed by atoms with E-state index in [0.717, 1.165) is 6.07 Å². The van der Waals surface area contributed by atoms with Crippen LogP contribution in [0.15, 0.2) is 36.7 Å². The van der Waals surface area contributed by atoms with Gasteiger partial charge in [0.15, 0.2) is 0 Å². The third-order valence-electron chi connectivity index (χ3n) is 2.42. The Balaban J connectivity index is 2.33. The molecule has 2 rings (SSSR count). The highest BCUT2D eigenvalue weighted by molar-refractivity contribution is 6.34. The summed E-state index contributed by atoms with van der Waals surface area (Å²) in [5.74, 6) is -0.589. The molecule has 0 aliphatic heterocycles. The number of hydrogen-bond acceptors (Lipinski definition) is 4. The molecule has 1 amide bonds. The number of benzene rings is 1. The second-order valence-corrected chi connectivity index (χ2v) is 4.57. The monoisotopic (exact) mass is 311 g/mol. The van der Waals surface area contributed by atoms with E-state index in [0.29, 0.717) is 0 Å². The largest absolute Gasteiger partial charge is 0.316 e. The Morgan fingerprint density at radius 2 is 2.05 bits per heavy atom. The second kappa shape index (κ2) is 5.85. The number of hydrogen-bond donors (Lipinski definition) is 1. The SMILES string of the molecule is O=C(Nc1ccc(Cl)cc1[N+](=O)[O-])c1cnccc1Cl. The third kappa shape index (κ3) is 3.04. The summed E-state index contributed by atoms with van der Waals surface area (Å²) in [6.07, 6.45) is 2.71. The zero-order valence-electron chi connectivity index (χ0n) is 9.84. The molecule has 0 spiro atoms. The number of carbonyl (C=O) groups excluding carboxylic acids is 1. The molecule has 102 valence electrons. The van der Waals surface area contributed by atoms with Crippen molar-refractivity contribution in [1.82, 2.24) is 4.98 Å². The van der Waals surface area contributed by atoms with Gasteiger partial charge in [-0.1, -0.05) is 23.2 Å². The first-order valence-corrected chi connectivity index (χ1v) is 6.09. The standard InChI is InChI=1S/C12H7Cl2N3O3/c13-7-1-2-10(11(5-7)17(19)20)16-12(18)8-6-15-4-3-9(8)14/h1-6H,(H,16,18). The first kappa shape index (κ1) is 14.2. The average Bonchev–Trinajstić information content (AvgIpc) is 2.41. The maximum atomic E-state index is 12.0. The van der Waals surface area contributed by atoms with Crippen LogP contribution in [0.5, 0.6) is 0 Å². The Labute approximate surface area is 123 Å². The summed E-state index contributed by atoms with van der Waals surface area (Å²) in [7, 11) is 0. The maximum absolute atomic E-state index is 12.0. The summed E-state index contributed by atoms with van der Waals surface area (Å²) in [5, 5.41) is 13.7. The molecular weight excluding hydrogens is 305 g/mol. The van der Waals surface area contributed by atoms with Crippen molar-refractivity contribution in [1.29, 1.82) is 0 Å². The van der Waals surface area contributed by atoms with Gasteiger partial charge in [0.25, 0.3) is 11.6 Å². The van der Waals surface area contributed by atoms with Crippen LogP contribution in [-0.2, 0) is 0 Å². The Hall–Kier alpha value is -2.18. The van der Waals surface area contributed by atoms with E-state index in [4.69, 9.17) is 23.2 Å². The summed E-state index contributed by atoms with van der Waals surface area (Å²) < 4.78 is 0. The molecule has 0 aliphatic rings. The van der Waals surface area contributed by atoms with Gasteiger partial charge in [-0.3, -0.25) is 19.9 Å². The Kier molecular flexibility index (Phi) is 4.16. The van der Waals surface area contributed by atoms with E-state index in [1.165, 1.54) is 30.6 Å². The highest BCUT2D eigenvalue weighted by Crippen LogP contribution is 2.28. The van der Waals surface area contributed by atoms with Crippen molar-refractivity contribution in [2.45, 2.75) is 0 Å². The molecule has 0 fully saturated rings. The first-order valence-electron chi connectivity index (χ1n) is 5.34. The number of carbonyl (C=O) groups is 1. The van der Waals surface area contributed by atoms with Crippen molar-refractivity contribution in [3.63, 3.8) is 0 Å². The fourth-order valence-electron chi connectivity index (χ4n) is 1.50. The molecule has 0 unspecified atom stereocenters. The molecule has 0 bridgehead atoms. The van der Waals surface area contributed by atoms with Gasteiger partial charge < -0.3 is 5.32 Å². The number of rotatable bonds is 3. The van der Waals surface area contributed by atoms with E-state index in [-0.39, 0.29) is 27.0 Å². The smallest absolute Gasteiger partial charge is 0.294 e. The maximum Gasteiger partial charge on any atom is 0.294 e. The lowest BCUT2D eigenvalue weighted by Gasteiger charge is -2.07. The van der Waals surface area contributed by atoms with E-state index < -0.39 is 10.8 Å². The summed E-state index contributed by atoms with van der Waals surface area (Å²) in [5.41, 5.74) is -0.145. The topological polar surface area (TPSA) is 85.1 Å². The number of nitrogens with zero attached hydrogens (tertiary/aromatic N) is 2. The van der Waals surface area contributed by atoms with E-state index >= 15 is 0 Å². The Bertz CT molecular complexity index is 691. The van der Waals surface area contributed by atoms with E-state index in [1.807, 2.05) is 0 Å². The zero-order valence-corrected chi connectivity index (χ0v) is 11.4. The fraction of sp³-hybridized carbons (Fsp3) is 0. The van der Waals surface area contributed by atoms with Crippen LogP contribution in [0.2, 0.25) is 10.0 Å². The van der Waals surface area contributed by atoms with Crippen LogP contribution < -0.4 is 5.32 Å². The Morgan fingerprint density at radius 1 is 1.30 bits per heavy atom. The van der Waals surface area contributed by atoms with Crippen LogP contribution >= 0.6 is 23.2 Å². The highest BCUT2D eigenvalue weighted by Gasteiger charge is 2.18. The normalized spacial score (nSPS) is 10.1. The van der Waals surface area contributed by atoms with Crippen molar-refractivity contribution in [3.05, 3.63) is 62.4 Å². The first-order chi connectivity index (χ1) is 9.49. The number of amides is 1. The molecule has 1 N–H and O–H groups in total. The molecule has 0 saturated carbocycles. The third-order valence-corrected chi connectivity index (χ3v) is 2.98. The van der Waals surface area contributed by atoms with Gasteiger partial charge in [0.05, 0.1) is 15.5 Å². The number of pyridine rings is 1. The number of halogens is 2. The number of anilines is 1. The lowest BCUT2D eigenvalue weighted by Crippen LogP contribution is -2.13. The van der Waals surface area contributed by atoms with Crippen LogP contribution in [0.3, 0.4) is 0 Å². The summed E-state index contributed by atoms with van der Waals surface area (Å²) in [6.45, 7) is 0. The number of nitrogens with one attached hydrogen (secondary N) is 1. The molecule has 1 aromatic heterocycles. The van der Waals surface area contributed by atoms with Crippen molar-refractivity contribution < 1.29 is 9.72 Å². The molecule has 20 heavy (non-hydrogen) atoms. The van der Waals surface area contributed by atoms with Gasteiger partial charge in [0.2, 0.25) is 0 Å². The Morgan fingerprint density at radius 3 is 2.70 bits per heavy atom. The van der Waals surface area contributed by atoms with E-state index in [1.54, 1.807) is 0 Å². The van der Waals surface area contributed by atoms with Gasteiger partial charge in [-0.05, 0) is 18.2 Å². The molecule has 0 aliphatic carbocycles. The van der Waals surface area contributed by atoms with Gasteiger partial charge >= 0.3 is 0 Å². The molecule has 6 nitrogen and oxygen atoms in total. The van der Waals surface area contributed by atoms with Gasteiger partial charge in [-0.2, -0.15) is 0 Å². The molecule has 1 heterocycles. The molecule has 0 atom stereocenters. The lowest BCUT2D eigenvalue weighted by molar-refractivity contribution is -0.383. The minimum Gasteiger partial charge on any atom is -0.316 e. The van der Waals surface area contributed by atoms with Crippen LogP contribution in [0.1, 0.15) is 10.4 Å². The predicted octanol–water partition coefficient (Wildman–Crippen LogP) is 3.55. The van der Waals surface area contributed by atoms with Crippen LogP contribution in [-0.4, -0.2) is 15.8 Å². The molecule has 1 aromatic carbocycles. The second-order valence-electron chi connectivity index (χ2n) is 3.73. The van der Waals surface area contributed by atoms with Crippen LogP contribution in [0.4, 0.5) is 11.4 Å². The minimum atomic E-state index is -0.633. The molecule has 2 aromatic rings. The van der Waals surface area contributed by atoms with Crippen LogP contribution in [0.25, 0.3) is 0 Å². The summed E-state index contributed by atoms with van der Waals surface area (Å²) in [4.78, 5) is 26.1. The molecular formula is C12H7Cl2N3O3. The summed E-state index contributed by atoms with van der Waals surface area (Å²) in [6, 6.07) is 5.40. The molecule has 0 radical (unpaired) electrons. The highest BCUT2D eigenvalue weighted by atomic mass is 35.5. The number of nitro benzene ring substituents is 1. The minimum absolute atomic E-state index is 0.0318. The van der Waals surface area contributed by atoms with E-state index in [2.05, 4.69) is 10.3 Å². The molecule has 8 heteroatoms. The number of nitro groups is 1. The van der Waals surface area contributed by atoms with E-state index in [9.17, 15) is 14.9 Å².